The first-order valence-corrected chi connectivity index (χ1v) is 6.30. The zero-order valence-corrected chi connectivity index (χ0v) is 11.8. The van der Waals surface area contributed by atoms with Crippen LogP contribution in [0.15, 0.2) is 30.5 Å². The van der Waals surface area contributed by atoms with Gasteiger partial charge in [0.2, 0.25) is 0 Å². The van der Waals surface area contributed by atoms with E-state index >= 15 is 0 Å². The fraction of sp³-hybridized carbons (Fsp3) is 0.143. The van der Waals surface area contributed by atoms with Crippen molar-refractivity contribution in [2.45, 2.75) is 6.92 Å². The summed E-state index contributed by atoms with van der Waals surface area (Å²) in [7, 11) is 1.61. The van der Waals surface area contributed by atoms with Crippen LogP contribution >= 0.6 is 11.6 Å². The van der Waals surface area contributed by atoms with Gasteiger partial charge in [-0.15, -0.1) is 0 Å². The molecule has 4 nitrogen and oxygen atoms in total. The highest BCUT2D eigenvalue weighted by molar-refractivity contribution is 6.31. The molecule has 6 heteroatoms. The minimum absolute atomic E-state index is 0.131. The molecule has 0 bridgehead atoms. The van der Waals surface area contributed by atoms with Crippen LogP contribution in [0.1, 0.15) is 15.9 Å². The Morgan fingerprint density at radius 3 is 2.85 bits per heavy atom. The van der Waals surface area contributed by atoms with Gasteiger partial charge in [0.25, 0.3) is 5.91 Å². The van der Waals surface area contributed by atoms with E-state index in [-0.39, 0.29) is 5.56 Å². The summed E-state index contributed by atoms with van der Waals surface area (Å²) in [6.07, 6.45) is 1.05. The van der Waals surface area contributed by atoms with Gasteiger partial charge >= 0.3 is 0 Å². The number of amides is 1. The largest absolute Gasteiger partial charge is 0.372 e. The summed E-state index contributed by atoms with van der Waals surface area (Å²) in [6, 6.07) is 6.32. The van der Waals surface area contributed by atoms with E-state index in [1.807, 2.05) is 0 Å². The number of pyridine rings is 1. The van der Waals surface area contributed by atoms with Gasteiger partial charge in [-0.2, -0.15) is 0 Å². The molecule has 2 rings (SSSR count). The quantitative estimate of drug-likeness (QED) is 0.911. The topological polar surface area (TPSA) is 54.0 Å². The van der Waals surface area contributed by atoms with E-state index in [0.717, 1.165) is 17.8 Å². The van der Waals surface area contributed by atoms with E-state index in [1.165, 1.54) is 0 Å². The Morgan fingerprint density at radius 1 is 1.40 bits per heavy atom. The van der Waals surface area contributed by atoms with Crippen LogP contribution in [0, 0.1) is 12.7 Å². The van der Waals surface area contributed by atoms with E-state index in [9.17, 15) is 9.18 Å². The molecule has 0 saturated carbocycles. The van der Waals surface area contributed by atoms with E-state index in [1.54, 1.807) is 32.2 Å². The van der Waals surface area contributed by atoms with Crippen molar-refractivity contribution in [3.05, 3.63) is 52.4 Å². The fourth-order valence-electron chi connectivity index (χ4n) is 1.74. The van der Waals surface area contributed by atoms with Crippen LogP contribution in [0.25, 0.3) is 0 Å². The predicted octanol–water partition coefficient (Wildman–Crippen LogP) is 3.48. The summed E-state index contributed by atoms with van der Waals surface area (Å²) in [5.74, 6) is -0.715. The van der Waals surface area contributed by atoms with E-state index in [4.69, 9.17) is 11.6 Å². The monoisotopic (exact) mass is 293 g/mol. The molecule has 0 spiro atoms. The second kappa shape index (κ2) is 5.88. The Bertz CT molecular complexity index is 661. The number of hydrogen-bond acceptors (Lipinski definition) is 3. The first-order valence-electron chi connectivity index (χ1n) is 5.92. The number of benzene rings is 1. The van der Waals surface area contributed by atoms with Gasteiger partial charge in [0.15, 0.2) is 0 Å². The average Bonchev–Trinajstić information content (AvgIpc) is 2.43. The van der Waals surface area contributed by atoms with Gasteiger partial charge in [0.1, 0.15) is 11.6 Å². The van der Waals surface area contributed by atoms with Gasteiger partial charge in [-0.3, -0.25) is 4.79 Å². The van der Waals surface area contributed by atoms with E-state index in [0.29, 0.717) is 16.5 Å². The van der Waals surface area contributed by atoms with Gasteiger partial charge in [0.05, 0.1) is 11.8 Å². The Kier molecular flexibility index (Phi) is 4.20. The number of halogens is 2. The molecule has 20 heavy (non-hydrogen) atoms. The smallest absolute Gasteiger partial charge is 0.259 e. The van der Waals surface area contributed by atoms with Crippen LogP contribution in [0.5, 0.6) is 0 Å². The summed E-state index contributed by atoms with van der Waals surface area (Å²) >= 11 is 5.99. The third-order valence-electron chi connectivity index (χ3n) is 2.85. The second-order valence-electron chi connectivity index (χ2n) is 4.17. The van der Waals surface area contributed by atoms with Gasteiger partial charge in [-0.05, 0) is 30.7 Å². The fourth-order valence-corrected chi connectivity index (χ4v) is 1.92. The van der Waals surface area contributed by atoms with Crippen molar-refractivity contribution in [3.63, 3.8) is 0 Å². The highest BCUT2D eigenvalue weighted by Gasteiger charge is 2.14. The van der Waals surface area contributed by atoms with Crippen LogP contribution in [-0.4, -0.2) is 17.9 Å². The lowest BCUT2D eigenvalue weighted by Gasteiger charge is -2.11. The standard InChI is InChI=1S/C14H13ClFN3O/c1-8-11(15)4-3-5-12(8)19-14(20)10-6-9(16)7-18-13(10)17-2/h3-7H,1-2H3,(H,17,18)(H,19,20). The number of nitrogens with one attached hydrogen (secondary N) is 2. The summed E-state index contributed by atoms with van der Waals surface area (Å²) in [6.45, 7) is 1.79. The maximum absolute atomic E-state index is 13.2. The summed E-state index contributed by atoms with van der Waals surface area (Å²) < 4.78 is 13.2. The maximum Gasteiger partial charge on any atom is 0.259 e. The molecule has 104 valence electrons. The number of carbonyl (C=O) groups excluding carboxylic acids is 1. The number of aromatic nitrogens is 1. The normalized spacial score (nSPS) is 10.2. The molecule has 0 unspecified atom stereocenters. The molecule has 0 atom stereocenters. The summed E-state index contributed by atoms with van der Waals surface area (Å²) in [4.78, 5) is 16.0. The van der Waals surface area contributed by atoms with Gasteiger partial charge in [0, 0.05) is 17.8 Å². The van der Waals surface area contributed by atoms with Crippen molar-refractivity contribution in [2.24, 2.45) is 0 Å². The van der Waals surface area contributed by atoms with Crippen molar-refractivity contribution in [3.8, 4) is 0 Å². The SMILES string of the molecule is CNc1ncc(F)cc1C(=O)Nc1cccc(Cl)c1C. The predicted molar refractivity (Wildman–Crippen MR) is 77.9 cm³/mol. The molecular weight excluding hydrogens is 281 g/mol. The number of anilines is 2. The first kappa shape index (κ1) is 14.3. The summed E-state index contributed by atoms with van der Waals surface area (Å²) in [5.41, 5.74) is 1.46. The van der Waals surface area contributed by atoms with E-state index in [2.05, 4.69) is 15.6 Å². The number of carbonyl (C=O) groups is 1. The lowest BCUT2D eigenvalue weighted by Crippen LogP contribution is -2.16. The molecule has 2 aromatic rings. The lowest BCUT2D eigenvalue weighted by molar-refractivity contribution is 0.102. The maximum atomic E-state index is 13.2. The molecule has 1 amide bonds. The molecule has 0 saturated heterocycles. The second-order valence-corrected chi connectivity index (χ2v) is 4.57. The van der Waals surface area contributed by atoms with Crippen LogP contribution < -0.4 is 10.6 Å². The van der Waals surface area contributed by atoms with Gasteiger partial charge in [-0.25, -0.2) is 9.37 Å². The van der Waals surface area contributed by atoms with E-state index < -0.39 is 11.7 Å². The third-order valence-corrected chi connectivity index (χ3v) is 3.26. The first-order chi connectivity index (χ1) is 9.52. The van der Waals surface area contributed by atoms with Gasteiger partial charge in [-0.1, -0.05) is 17.7 Å². The summed E-state index contributed by atoms with van der Waals surface area (Å²) in [5, 5.41) is 6.00. The number of nitrogens with zero attached hydrogens (tertiary/aromatic N) is 1. The molecule has 0 radical (unpaired) electrons. The van der Waals surface area contributed by atoms with Crippen LogP contribution in [0.2, 0.25) is 5.02 Å². The van der Waals surface area contributed by atoms with Crippen LogP contribution in [-0.2, 0) is 0 Å². The zero-order chi connectivity index (χ0) is 14.7. The highest BCUT2D eigenvalue weighted by atomic mass is 35.5. The Morgan fingerprint density at radius 2 is 2.15 bits per heavy atom. The molecule has 0 fully saturated rings. The van der Waals surface area contributed by atoms with Crippen molar-refractivity contribution >= 4 is 29.0 Å². The third kappa shape index (κ3) is 2.88. The molecule has 0 aliphatic rings. The Balaban J connectivity index is 2.33. The molecule has 2 N–H and O–H groups in total. The van der Waals surface area contributed by atoms with Gasteiger partial charge < -0.3 is 10.6 Å². The molecular formula is C14H13ClFN3O. The number of rotatable bonds is 3. The van der Waals surface area contributed by atoms with Crippen molar-refractivity contribution < 1.29 is 9.18 Å². The molecule has 1 aromatic heterocycles. The molecule has 0 aliphatic heterocycles. The molecule has 1 aromatic carbocycles. The Labute approximate surface area is 121 Å². The minimum atomic E-state index is -0.572. The average molecular weight is 294 g/mol. The number of hydrogen-bond donors (Lipinski definition) is 2. The minimum Gasteiger partial charge on any atom is -0.372 e. The van der Waals surface area contributed by atoms with Crippen LogP contribution in [0.3, 0.4) is 0 Å². The molecule has 1 heterocycles. The highest BCUT2D eigenvalue weighted by Crippen LogP contribution is 2.24. The van der Waals surface area contributed by atoms with Crippen molar-refractivity contribution in [2.75, 3.05) is 17.7 Å². The Hall–Kier alpha value is -2.14. The van der Waals surface area contributed by atoms with Crippen molar-refractivity contribution in [1.29, 1.82) is 0 Å². The molecule has 0 aliphatic carbocycles. The van der Waals surface area contributed by atoms with Crippen LogP contribution in [0.4, 0.5) is 15.9 Å². The zero-order valence-electron chi connectivity index (χ0n) is 11.0. The van der Waals surface area contributed by atoms with Crippen molar-refractivity contribution in [1.82, 2.24) is 4.98 Å². The lowest BCUT2D eigenvalue weighted by atomic mass is 10.1.